The maximum absolute atomic E-state index is 12.2. The highest BCUT2D eigenvalue weighted by atomic mass is 32.2. The predicted octanol–water partition coefficient (Wildman–Crippen LogP) is 2.80. The van der Waals surface area contributed by atoms with E-state index >= 15 is 0 Å². The van der Waals surface area contributed by atoms with Crippen LogP contribution in [0.2, 0.25) is 0 Å². The summed E-state index contributed by atoms with van der Waals surface area (Å²) in [4.78, 5) is 10.8. The molecule has 0 saturated carbocycles. The van der Waals surface area contributed by atoms with Crippen molar-refractivity contribution in [1.29, 1.82) is 0 Å². The predicted molar refractivity (Wildman–Crippen MR) is 49.8 cm³/mol. The zero-order valence-corrected chi connectivity index (χ0v) is 7.93. The number of alkyl halides is 2. The number of benzene rings is 1. The Morgan fingerprint density at radius 2 is 2.21 bits per heavy atom. The van der Waals surface area contributed by atoms with E-state index in [2.05, 4.69) is 0 Å². The van der Waals surface area contributed by atoms with Gasteiger partial charge in [0.25, 0.3) is 6.43 Å². The standard InChI is InChI=1S/C9H8F2O2S/c10-9(11)6-2-1-3-7(4-6)14-5-8(12)13/h1-4,9H,5H2,(H,12,13). The van der Waals surface area contributed by atoms with Crippen LogP contribution in [-0.4, -0.2) is 16.8 Å². The third kappa shape index (κ3) is 3.33. The summed E-state index contributed by atoms with van der Waals surface area (Å²) in [6, 6.07) is 5.72. The van der Waals surface area contributed by atoms with Gasteiger partial charge in [0.1, 0.15) is 0 Å². The normalized spacial score (nSPS) is 10.5. The Labute approximate surface area is 83.9 Å². The summed E-state index contributed by atoms with van der Waals surface area (Å²) in [7, 11) is 0. The number of rotatable bonds is 4. The van der Waals surface area contributed by atoms with Crippen molar-refractivity contribution in [3.8, 4) is 0 Å². The van der Waals surface area contributed by atoms with Crippen LogP contribution >= 0.6 is 11.8 Å². The quantitative estimate of drug-likeness (QED) is 0.789. The van der Waals surface area contributed by atoms with Gasteiger partial charge >= 0.3 is 5.97 Å². The van der Waals surface area contributed by atoms with Gasteiger partial charge in [-0.3, -0.25) is 4.79 Å². The Balaban J connectivity index is 2.68. The first-order valence-electron chi connectivity index (χ1n) is 3.82. The molecule has 76 valence electrons. The molecule has 0 aliphatic rings. The van der Waals surface area contributed by atoms with Gasteiger partial charge in [-0.1, -0.05) is 12.1 Å². The van der Waals surface area contributed by atoms with E-state index in [9.17, 15) is 13.6 Å². The molecule has 0 saturated heterocycles. The van der Waals surface area contributed by atoms with Gasteiger partial charge in [-0.25, -0.2) is 8.78 Å². The molecule has 5 heteroatoms. The Bertz CT molecular complexity index is 328. The smallest absolute Gasteiger partial charge is 0.313 e. The lowest BCUT2D eigenvalue weighted by atomic mass is 10.2. The van der Waals surface area contributed by atoms with Gasteiger partial charge < -0.3 is 5.11 Å². The second kappa shape index (κ2) is 4.95. The molecule has 0 atom stereocenters. The lowest BCUT2D eigenvalue weighted by molar-refractivity contribution is -0.133. The fraction of sp³-hybridized carbons (Fsp3) is 0.222. The molecular weight excluding hydrogens is 210 g/mol. The van der Waals surface area contributed by atoms with Crippen LogP contribution in [0.5, 0.6) is 0 Å². The minimum absolute atomic E-state index is 0.0830. The molecule has 0 aliphatic carbocycles. The Hall–Kier alpha value is -1.10. The molecule has 0 spiro atoms. The second-order valence-electron chi connectivity index (χ2n) is 2.56. The first-order chi connectivity index (χ1) is 6.59. The summed E-state index contributed by atoms with van der Waals surface area (Å²) < 4.78 is 24.4. The van der Waals surface area contributed by atoms with Crippen LogP contribution in [0.1, 0.15) is 12.0 Å². The van der Waals surface area contributed by atoms with Gasteiger partial charge in [-0.15, -0.1) is 11.8 Å². The number of carbonyl (C=O) groups is 1. The number of halogens is 2. The van der Waals surface area contributed by atoms with E-state index in [4.69, 9.17) is 5.11 Å². The molecule has 1 N–H and O–H groups in total. The summed E-state index contributed by atoms with van der Waals surface area (Å²) in [5.74, 6) is -1.08. The number of carboxylic acids is 1. The molecule has 0 aromatic heterocycles. The van der Waals surface area contributed by atoms with Crippen LogP contribution in [-0.2, 0) is 4.79 Å². The maximum Gasteiger partial charge on any atom is 0.313 e. The number of thioether (sulfide) groups is 1. The molecule has 0 amide bonds. The highest BCUT2D eigenvalue weighted by Gasteiger charge is 2.07. The van der Waals surface area contributed by atoms with E-state index in [1.165, 1.54) is 18.2 Å². The van der Waals surface area contributed by atoms with Crippen LogP contribution in [0.25, 0.3) is 0 Å². The minimum atomic E-state index is -2.51. The van der Waals surface area contributed by atoms with Crippen molar-refractivity contribution in [2.45, 2.75) is 11.3 Å². The first-order valence-corrected chi connectivity index (χ1v) is 4.81. The van der Waals surface area contributed by atoms with Gasteiger partial charge in [-0.05, 0) is 12.1 Å². The van der Waals surface area contributed by atoms with Gasteiger partial charge in [-0.2, -0.15) is 0 Å². The van der Waals surface area contributed by atoms with E-state index in [0.717, 1.165) is 11.8 Å². The lowest BCUT2D eigenvalue weighted by Gasteiger charge is -2.02. The lowest BCUT2D eigenvalue weighted by Crippen LogP contribution is -1.97. The molecule has 0 unspecified atom stereocenters. The molecule has 1 rings (SSSR count). The van der Waals surface area contributed by atoms with Crippen molar-refractivity contribution in [2.75, 3.05) is 5.75 Å². The molecule has 0 radical (unpaired) electrons. The topological polar surface area (TPSA) is 37.3 Å². The average molecular weight is 218 g/mol. The van der Waals surface area contributed by atoms with Gasteiger partial charge in [0.15, 0.2) is 0 Å². The molecule has 0 fully saturated rings. The third-order valence-corrected chi connectivity index (χ3v) is 2.45. The SMILES string of the molecule is O=C(O)CSc1cccc(C(F)F)c1. The average Bonchev–Trinajstić information content (AvgIpc) is 2.15. The Morgan fingerprint density at radius 1 is 1.50 bits per heavy atom. The molecule has 1 aromatic carbocycles. The molecule has 0 heterocycles. The highest BCUT2D eigenvalue weighted by Crippen LogP contribution is 2.24. The Kier molecular flexibility index (Phi) is 3.88. The van der Waals surface area contributed by atoms with Crippen LogP contribution < -0.4 is 0 Å². The number of carboxylic acid groups (broad SMARTS) is 1. The van der Waals surface area contributed by atoms with Gasteiger partial charge in [0.05, 0.1) is 5.75 Å². The fourth-order valence-electron chi connectivity index (χ4n) is 0.885. The number of hydrogen-bond acceptors (Lipinski definition) is 2. The van der Waals surface area contributed by atoms with E-state index in [1.807, 2.05) is 0 Å². The van der Waals surface area contributed by atoms with Crippen LogP contribution in [0.4, 0.5) is 8.78 Å². The van der Waals surface area contributed by atoms with Crippen molar-refractivity contribution in [3.05, 3.63) is 29.8 Å². The summed E-state index contributed by atoms with van der Waals surface area (Å²) in [6.45, 7) is 0. The fourth-order valence-corrected chi connectivity index (χ4v) is 1.57. The summed E-state index contributed by atoms with van der Waals surface area (Å²) in [5, 5.41) is 8.38. The van der Waals surface area contributed by atoms with Crippen molar-refractivity contribution in [2.24, 2.45) is 0 Å². The van der Waals surface area contributed by atoms with Crippen molar-refractivity contribution in [3.63, 3.8) is 0 Å². The van der Waals surface area contributed by atoms with E-state index < -0.39 is 12.4 Å². The highest BCUT2D eigenvalue weighted by molar-refractivity contribution is 8.00. The monoisotopic (exact) mass is 218 g/mol. The summed E-state index contributed by atoms with van der Waals surface area (Å²) in [5.41, 5.74) is -0.0830. The van der Waals surface area contributed by atoms with E-state index in [1.54, 1.807) is 6.07 Å². The molecule has 1 aromatic rings. The summed E-state index contributed by atoms with van der Waals surface area (Å²) in [6.07, 6.45) is -2.51. The van der Waals surface area contributed by atoms with Crippen LogP contribution in [0.15, 0.2) is 29.2 Å². The molecular formula is C9H8F2O2S. The summed E-state index contributed by atoms with van der Waals surface area (Å²) >= 11 is 1.03. The molecule has 14 heavy (non-hydrogen) atoms. The van der Waals surface area contributed by atoms with Gasteiger partial charge in [0, 0.05) is 10.5 Å². The minimum Gasteiger partial charge on any atom is -0.481 e. The molecule has 0 aliphatic heterocycles. The first kappa shape index (κ1) is 11.0. The number of hydrogen-bond donors (Lipinski definition) is 1. The van der Waals surface area contributed by atoms with Gasteiger partial charge in [0.2, 0.25) is 0 Å². The zero-order chi connectivity index (χ0) is 10.6. The molecule has 0 bridgehead atoms. The van der Waals surface area contributed by atoms with Crippen molar-refractivity contribution >= 4 is 17.7 Å². The molecule has 2 nitrogen and oxygen atoms in total. The van der Waals surface area contributed by atoms with Crippen molar-refractivity contribution < 1.29 is 18.7 Å². The van der Waals surface area contributed by atoms with Crippen LogP contribution in [0, 0.1) is 0 Å². The van der Waals surface area contributed by atoms with E-state index in [0.29, 0.717) is 4.90 Å². The van der Waals surface area contributed by atoms with Crippen LogP contribution in [0.3, 0.4) is 0 Å². The van der Waals surface area contributed by atoms with E-state index in [-0.39, 0.29) is 11.3 Å². The largest absolute Gasteiger partial charge is 0.481 e. The van der Waals surface area contributed by atoms with Crippen molar-refractivity contribution in [1.82, 2.24) is 0 Å². The zero-order valence-electron chi connectivity index (χ0n) is 7.11. The number of aliphatic carboxylic acids is 1. The maximum atomic E-state index is 12.2. The second-order valence-corrected chi connectivity index (χ2v) is 3.60. The third-order valence-electron chi connectivity index (χ3n) is 1.47. The Morgan fingerprint density at radius 3 is 2.79 bits per heavy atom.